The summed E-state index contributed by atoms with van der Waals surface area (Å²) in [5.41, 5.74) is 5.66. The molecule has 9 nitrogen and oxygen atoms in total. The van der Waals surface area contributed by atoms with E-state index in [4.69, 9.17) is 21.7 Å². The van der Waals surface area contributed by atoms with E-state index in [2.05, 4.69) is 31.2 Å². The molecular formula is C30H29N5O4S. The number of benzene rings is 2. The van der Waals surface area contributed by atoms with Crippen molar-refractivity contribution in [1.82, 2.24) is 14.9 Å². The van der Waals surface area contributed by atoms with Crippen LogP contribution in [0.15, 0.2) is 85.2 Å². The first-order valence-corrected chi connectivity index (χ1v) is 13.1. The Labute approximate surface area is 237 Å². The SMILES string of the molecule is COCC(=O)Nc1ccc(N2C(=S)N[C@@H](c3ccccn3)[C@H]2c2cccn2-c2ccc(C(=O)OC)cc2)cc1C. The van der Waals surface area contributed by atoms with Crippen LogP contribution in [0.3, 0.4) is 0 Å². The number of nitrogens with one attached hydrogen (secondary N) is 2. The van der Waals surface area contributed by atoms with Gasteiger partial charge in [0.05, 0.1) is 24.4 Å². The minimum atomic E-state index is -0.386. The van der Waals surface area contributed by atoms with Crippen LogP contribution >= 0.6 is 12.2 Å². The highest BCUT2D eigenvalue weighted by Gasteiger charge is 2.42. The number of rotatable bonds is 8. The Balaban J connectivity index is 1.57. The number of hydrogen-bond acceptors (Lipinski definition) is 6. The van der Waals surface area contributed by atoms with Crippen LogP contribution in [-0.2, 0) is 14.3 Å². The minimum absolute atomic E-state index is 0.0211. The van der Waals surface area contributed by atoms with Gasteiger partial charge in [-0.25, -0.2) is 4.79 Å². The summed E-state index contributed by atoms with van der Waals surface area (Å²) in [4.78, 5) is 30.8. The predicted molar refractivity (Wildman–Crippen MR) is 157 cm³/mol. The van der Waals surface area contributed by atoms with E-state index in [1.807, 2.05) is 67.7 Å². The van der Waals surface area contributed by atoms with Crippen molar-refractivity contribution in [2.24, 2.45) is 0 Å². The van der Waals surface area contributed by atoms with E-state index in [0.29, 0.717) is 16.4 Å². The summed E-state index contributed by atoms with van der Waals surface area (Å²) in [5.74, 6) is -0.607. The molecule has 1 aliphatic heterocycles. The summed E-state index contributed by atoms with van der Waals surface area (Å²) in [6.07, 6.45) is 3.75. The molecular weight excluding hydrogens is 526 g/mol. The number of thiocarbonyl (C=S) groups is 1. The Morgan fingerprint density at radius 3 is 2.48 bits per heavy atom. The van der Waals surface area contributed by atoms with E-state index in [-0.39, 0.29) is 30.6 Å². The Bertz CT molecular complexity index is 1540. The lowest BCUT2D eigenvalue weighted by Crippen LogP contribution is -2.30. The highest BCUT2D eigenvalue weighted by Crippen LogP contribution is 2.42. The van der Waals surface area contributed by atoms with Crippen molar-refractivity contribution in [1.29, 1.82) is 0 Å². The number of amides is 1. The number of aromatic nitrogens is 2. The molecule has 0 spiro atoms. The molecule has 0 radical (unpaired) electrons. The normalized spacial score (nSPS) is 16.5. The number of anilines is 2. The van der Waals surface area contributed by atoms with Gasteiger partial charge in [0.2, 0.25) is 5.91 Å². The number of methoxy groups -OCH3 is 2. The maximum absolute atomic E-state index is 12.1. The maximum Gasteiger partial charge on any atom is 0.337 e. The Hall–Kier alpha value is -4.54. The average Bonchev–Trinajstić information content (AvgIpc) is 3.58. The summed E-state index contributed by atoms with van der Waals surface area (Å²) < 4.78 is 11.9. The molecule has 40 heavy (non-hydrogen) atoms. The van der Waals surface area contributed by atoms with Crippen LogP contribution in [0.25, 0.3) is 5.69 Å². The first-order chi connectivity index (χ1) is 19.4. The lowest BCUT2D eigenvalue weighted by Gasteiger charge is -2.29. The molecule has 4 aromatic rings. The molecule has 204 valence electrons. The van der Waals surface area contributed by atoms with Crippen LogP contribution in [-0.4, -0.2) is 47.4 Å². The second-order valence-corrected chi connectivity index (χ2v) is 9.71. The summed E-state index contributed by atoms with van der Waals surface area (Å²) in [5, 5.41) is 6.93. The third-order valence-electron chi connectivity index (χ3n) is 6.79. The van der Waals surface area contributed by atoms with Gasteiger partial charge in [-0.1, -0.05) is 6.07 Å². The van der Waals surface area contributed by atoms with Gasteiger partial charge in [0.1, 0.15) is 12.6 Å². The topological polar surface area (TPSA) is 97.7 Å². The number of carbonyl (C=O) groups is 2. The van der Waals surface area contributed by atoms with Gasteiger partial charge < -0.3 is 29.6 Å². The van der Waals surface area contributed by atoms with Gasteiger partial charge in [0.25, 0.3) is 0 Å². The van der Waals surface area contributed by atoms with Crippen LogP contribution in [0.4, 0.5) is 11.4 Å². The maximum atomic E-state index is 12.1. The van der Waals surface area contributed by atoms with E-state index < -0.39 is 0 Å². The predicted octanol–water partition coefficient (Wildman–Crippen LogP) is 4.73. The van der Waals surface area contributed by atoms with Gasteiger partial charge >= 0.3 is 5.97 Å². The standard InChI is InChI=1S/C30H29N5O4S/c1-19-17-22(13-14-23(19)32-26(36)18-38-2)35-28(27(33-30(35)40)24-7-4-5-15-31-24)25-8-6-16-34(25)21-11-9-20(10-12-21)29(37)39-3/h4-17,27-28H,18H2,1-3H3,(H,32,36)(H,33,40)/t27-,28+/m0/s1. The lowest BCUT2D eigenvalue weighted by atomic mass is 10.00. The number of hydrogen-bond donors (Lipinski definition) is 2. The average molecular weight is 556 g/mol. The number of aryl methyl sites for hydroxylation is 1. The molecule has 1 fully saturated rings. The fraction of sp³-hybridized carbons (Fsp3) is 0.200. The number of pyridine rings is 1. The van der Waals surface area contributed by atoms with Crippen molar-refractivity contribution in [3.63, 3.8) is 0 Å². The highest BCUT2D eigenvalue weighted by atomic mass is 32.1. The van der Waals surface area contributed by atoms with Crippen LogP contribution in [0, 0.1) is 6.92 Å². The van der Waals surface area contributed by atoms with Crippen LogP contribution in [0.2, 0.25) is 0 Å². The molecule has 2 atom stereocenters. The van der Waals surface area contributed by atoms with Gasteiger partial charge in [-0.2, -0.15) is 0 Å². The molecule has 5 rings (SSSR count). The fourth-order valence-electron chi connectivity index (χ4n) is 4.93. The summed E-state index contributed by atoms with van der Waals surface area (Å²) in [6.45, 7) is 1.92. The Morgan fingerprint density at radius 1 is 1.02 bits per heavy atom. The van der Waals surface area contributed by atoms with Crippen LogP contribution in [0.1, 0.15) is 39.4 Å². The zero-order chi connectivity index (χ0) is 28.2. The van der Waals surface area contributed by atoms with Crippen molar-refractivity contribution in [2.45, 2.75) is 19.0 Å². The molecule has 0 saturated carbocycles. The number of ether oxygens (including phenoxy) is 2. The number of esters is 1. The van der Waals surface area contributed by atoms with Gasteiger partial charge in [0, 0.05) is 42.3 Å². The number of nitrogens with zero attached hydrogens (tertiary/aromatic N) is 3. The molecule has 1 saturated heterocycles. The zero-order valence-corrected chi connectivity index (χ0v) is 23.1. The van der Waals surface area contributed by atoms with Gasteiger partial charge in [0.15, 0.2) is 5.11 Å². The third kappa shape index (κ3) is 5.31. The summed E-state index contributed by atoms with van der Waals surface area (Å²) in [6, 6.07) is 22.5. The first kappa shape index (κ1) is 27.0. The molecule has 2 aromatic carbocycles. The zero-order valence-electron chi connectivity index (χ0n) is 22.3. The second kappa shape index (κ2) is 11.7. The molecule has 0 aliphatic carbocycles. The summed E-state index contributed by atoms with van der Waals surface area (Å²) >= 11 is 5.89. The quantitative estimate of drug-likeness (QED) is 0.238. The fourth-order valence-corrected chi connectivity index (χ4v) is 5.28. The van der Waals surface area contributed by atoms with E-state index in [9.17, 15) is 9.59 Å². The molecule has 3 heterocycles. The molecule has 10 heteroatoms. The molecule has 0 bridgehead atoms. The van der Waals surface area contributed by atoms with Gasteiger partial charge in [-0.3, -0.25) is 9.78 Å². The largest absolute Gasteiger partial charge is 0.465 e. The van der Waals surface area contributed by atoms with E-state index >= 15 is 0 Å². The molecule has 2 N–H and O–H groups in total. The second-order valence-electron chi connectivity index (χ2n) is 9.32. The van der Waals surface area contributed by atoms with Crippen LogP contribution < -0.4 is 15.5 Å². The third-order valence-corrected chi connectivity index (χ3v) is 7.10. The van der Waals surface area contributed by atoms with Crippen molar-refractivity contribution in [3.8, 4) is 5.69 Å². The molecule has 2 aromatic heterocycles. The van der Waals surface area contributed by atoms with Crippen molar-refractivity contribution in [3.05, 3.63) is 108 Å². The van der Waals surface area contributed by atoms with Crippen molar-refractivity contribution in [2.75, 3.05) is 31.0 Å². The van der Waals surface area contributed by atoms with Gasteiger partial charge in [-0.05, 0) is 91.4 Å². The van der Waals surface area contributed by atoms with E-state index in [1.54, 1.807) is 18.3 Å². The van der Waals surface area contributed by atoms with Crippen molar-refractivity contribution >= 4 is 40.6 Å². The monoisotopic (exact) mass is 555 g/mol. The van der Waals surface area contributed by atoms with E-state index in [0.717, 1.165) is 28.3 Å². The van der Waals surface area contributed by atoms with Crippen LogP contribution in [0.5, 0.6) is 0 Å². The first-order valence-electron chi connectivity index (χ1n) is 12.7. The number of carbonyl (C=O) groups excluding carboxylic acids is 2. The molecule has 1 amide bonds. The summed E-state index contributed by atoms with van der Waals surface area (Å²) in [7, 11) is 2.85. The minimum Gasteiger partial charge on any atom is -0.465 e. The van der Waals surface area contributed by atoms with Crippen molar-refractivity contribution < 1.29 is 19.1 Å². The van der Waals surface area contributed by atoms with E-state index in [1.165, 1.54) is 14.2 Å². The Kier molecular flexibility index (Phi) is 7.90. The Morgan fingerprint density at radius 2 is 1.80 bits per heavy atom. The molecule has 0 unspecified atom stereocenters. The van der Waals surface area contributed by atoms with Gasteiger partial charge in [-0.15, -0.1) is 0 Å². The molecule has 1 aliphatic rings. The highest BCUT2D eigenvalue weighted by molar-refractivity contribution is 7.80. The lowest BCUT2D eigenvalue weighted by molar-refractivity contribution is -0.119. The smallest absolute Gasteiger partial charge is 0.337 e.